The molecule has 0 heterocycles. The fourth-order valence-electron chi connectivity index (χ4n) is 2.05. The average molecular weight is 283 g/mol. The molecule has 0 fully saturated rings. The maximum Gasteiger partial charge on any atom is 0.0184 e. The summed E-state index contributed by atoms with van der Waals surface area (Å²) in [5.74, 6) is 3.96. The maximum atomic E-state index is 4.49. The van der Waals surface area contributed by atoms with Crippen molar-refractivity contribution in [1.82, 2.24) is 0 Å². The van der Waals surface area contributed by atoms with Gasteiger partial charge >= 0.3 is 0 Å². The summed E-state index contributed by atoms with van der Waals surface area (Å²) in [7, 11) is 0. The van der Waals surface area contributed by atoms with Crippen molar-refractivity contribution >= 4 is 24.4 Å². The largest absolute Gasteiger partial charge is 0.179 e. The van der Waals surface area contributed by atoms with Crippen LogP contribution in [0.1, 0.15) is 37.5 Å². The number of aryl methyl sites for hydroxylation is 2. The summed E-state index contributed by atoms with van der Waals surface area (Å²) < 4.78 is 0. The first-order chi connectivity index (χ1) is 8.32. The Bertz CT molecular complexity index is 357. The molecule has 102 valence electrons. The van der Waals surface area contributed by atoms with E-state index in [1.807, 2.05) is 11.8 Å². The molecule has 0 saturated heterocycles. The zero-order valence-corrected chi connectivity index (χ0v) is 14.0. The molecule has 0 aliphatic rings. The molecular formula is C16H26S2. The number of rotatable bonds is 5. The molecule has 1 aromatic rings. The van der Waals surface area contributed by atoms with Crippen LogP contribution in [0, 0.1) is 25.2 Å². The summed E-state index contributed by atoms with van der Waals surface area (Å²) in [5.41, 5.74) is 4.54. The van der Waals surface area contributed by atoms with Gasteiger partial charge in [0.15, 0.2) is 0 Å². The molecule has 0 bridgehead atoms. The fourth-order valence-corrected chi connectivity index (χ4v) is 4.32. The van der Waals surface area contributed by atoms with E-state index in [0.717, 1.165) is 11.5 Å². The monoisotopic (exact) mass is 282 g/mol. The van der Waals surface area contributed by atoms with Crippen LogP contribution < -0.4 is 0 Å². The third kappa shape index (κ3) is 5.27. The van der Waals surface area contributed by atoms with E-state index in [4.69, 9.17) is 0 Å². The third-order valence-corrected chi connectivity index (χ3v) is 4.93. The predicted octanol–water partition coefficient (Wildman–Crippen LogP) is 5.13. The van der Waals surface area contributed by atoms with Gasteiger partial charge in [-0.3, -0.25) is 0 Å². The molecule has 0 amide bonds. The number of thiol groups is 1. The second kappa shape index (κ2) is 6.91. The number of hydrogen-bond donors (Lipinski definition) is 1. The van der Waals surface area contributed by atoms with Gasteiger partial charge in [0.05, 0.1) is 0 Å². The van der Waals surface area contributed by atoms with E-state index < -0.39 is 0 Å². The van der Waals surface area contributed by atoms with Crippen molar-refractivity contribution < 1.29 is 0 Å². The first-order valence-electron chi connectivity index (χ1n) is 6.58. The van der Waals surface area contributed by atoms with Crippen molar-refractivity contribution in [3.63, 3.8) is 0 Å². The standard InChI is InChI=1S/C16H26S2/c1-12-6-13(2)8-14(7-12)10-18-11-15(9-17)16(3,4)5/h6-8,15,17H,9-11H2,1-5H3. The molecule has 0 aromatic heterocycles. The zero-order valence-electron chi connectivity index (χ0n) is 12.3. The van der Waals surface area contributed by atoms with Crippen LogP contribution in [0.4, 0.5) is 0 Å². The molecule has 0 N–H and O–H groups in total. The predicted molar refractivity (Wildman–Crippen MR) is 88.9 cm³/mol. The van der Waals surface area contributed by atoms with Gasteiger partial charge in [-0.25, -0.2) is 0 Å². The van der Waals surface area contributed by atoms with Crippen LogP contribution >= 0.6 is 24.4 Å². The van der Waals surface area contributed by atoms with E-state index in [0.29, 0.717) is 11.3 Å². The highest BCUT2D eigenvalue weighted by molar-refractivity contribution is 7.98. The lowest BCUT2D eigenvalue weighted by Gasteiger charge is -2.29. The Balaban J connectivity index is 2.50. The quantitative estimate of drug-likeness (QED) is 0.731. The number of hydrogen-bond acceptors (Lipinski definition) is 2. The highest BCUT2D eigenvalue weighted by atomic mass is 32.2. The van der Waals surface area contributed by atoms with Crippen molar-refractivity contribution in [3.05, 3.63) is 34.9 Å². The molecule has 1 aromatic carbocycles. The molecule has 2 heteroatoms. The van der Waals surface area contributed by atoms with Crippen molar-refractivity contribution in [2.24, 2.45) is 11.3 Å². The van der Waals surface area contributed by atoms with E-state index in [1.165, 1.54) is 22.4 Å². The van der Waals surface area contributed by atoms with Crippen LogP contribution in [-0.4, -0.2) is 11.5 Å². The molecule has 0 radical (unpaired) electrons. The minimum atomic E-state index is 0.358. The van der Waals surface area contributed by atoms with Gasteiger partial charge in [0, 0.05) is 5.75 Å². The lowest BCUT2D eigenvalue weighted by atomic mass is 9.83. The molecule has 0 saturated carbocycles. The van der Waals surface area contributed by atoms with Gasteiger partial charge in [0.25, 0.3) is 0 Å². The molecule has 0 spiro atoms. The lowest BCUT2D eigenvalue weighted by molar-refractivity contribution is 0.294. The summed E-state index contributed by atoms with van der Waals surface area (Å²) in [6.45, 7) is 11.3. The molecule has 0 aliphatic carbocycles. The van der Waals surface area contributed by atoms with Crippen LogP contribution in [-0.2, 0) is 5.75 Å². The second-order valence-corrected chi connectivity index (χ2v) is 7.65. The van der Waals surface area contributed by atoms with E-state index in [9.17, 15) is 0 Å². The third-order valence-electron chi connectivity index (χ3n) is 3.31. The fraction of sp³-hybridized carbons (Fsp3) is 0.625. The first-order valence-corrected chi connectivity index (χ1v) is 8.37. The Kier molecular flexibility index (Phi) is 6.13. The summed E-state index contributed by atoms with van der Waals surface area (Å²) >= 11 is 6.52. The van der Waals surface area contributed by atoms with Gasteiger partial charge in [0.2, 0.25) is 0 Å². The van der Waals surface area contributed by atoms with E-state index >= 15 is 0 Å². The molecule has 0 nitrogen and oxygen atoms in total. The van der Waals surface area contributed by atoms with E-state index in [-0.39, 0.29) is 0 Å². The summed E-state index contributed by atoms with van der Waals surface area (Å²) in [6, 6.07) is 6.83. The SMILES string of the molecule is Cc1cc(C)cc(CSCC(CS)C(C)(C)C)c1. The number of thioether (sulfide) groups is 1. The maximum absolute atomic E-state index is 4.49. The first kappa shape index (κ1) is 16.0. The molecule has 1 unspecified atom stereocenters. The average Bonchev–Trinajstić information content (AvgIpc) is 2.21. The molecule has 1 rings (SSSR count). The van der Waals surface area contributed by atoms with Gasteiger partial charge in [-0.05, 0) is 42.2 Å². The van der Waals surface area contributed by atoms with Gasteiger partial charge in [-0.1, -0.05) is 50.1 Å². The minimum absolute atomic E-state index is 0.358. The number of benzene rings is 1. The van der Waals surface area contributed by atoms with Crippen molar-refractivity contribution in [3.8, 4) is 0 Å². The van der Waals surface area contributed by atoms with Crippen LogP contribution in [0.25, 0.3) is 0 Å². The Morgan fingerprint density at radius 1 is 1.11 bits per heavy atom. The second-order valence-electron chi connectivity index (χ2n) is 6.26. The zero-order chi connectivity index (χ0) is 13.8. The molecular weight excluding hydrogens is 256 g/mol. The van der Waals surface area contributed by atoms with Gasteiger partial charge in [-0.15, -0.1) is 0 Å². The normalized spacial score (nSPS) is 13.7. The lowest BCUT2D eigenvalue weighted by Crippen LogP contribution is -2.24. The Morgan fingerprint density at radius 2 is 1.67 bits per heavy atom. The van der Waals surface area contributed by atoms with Gasteiger partial charge in [0.1, 0.15) is 0 Å². The highest BCUT2D eigenvalue weighted by Crippen LogP contribution is 2.31. The van der Waals surface area contributed by atoms with Crippen molar-refractivity contribution in [2.75, 3.05) is 11.5 Å². The van der Waals surface area contributed by atoms with Crippen molar-refractivity contribution in [2.45, 2.75) is 40.4 Å². The Labute approximate surface area is 122 Å². The Hall–Kier alpha value is -0.0800. The van der Waals surface area contributed by atoms with Gasteiger partial charge in [-0.2, -0.15) is 24.4 Å². The van der Waals surface area contributed by atoms with Crippen LogP contribution in [0.5, 0.6) is 0 Å². The Morgan fingerprint density at radius 3 is 2.11 bits per heavy atom. The summed E-state index contributed by atoms with van der Waals surface area (Å²) in [6.07, 6.45) is 0. The topological polar surface area (TPSA) is 0 Å². The van der Waals surface area contributed by atoms with E-state index in [2.05, 4.69) is 65.4 Å². The van der Waals surface area contributed by atoms with Crippen LogP contribution in [0.15, 0.2) is 18.2 Å². The van der Waals surface area contributed by atoms with Crippen LogP contribution in [0.2, 0.25) is 0 Å². The molecule has 18 heavy (non-hydrogen) atoms. The molecule has 0 aliphatic heterocycles. The molecule has 1 atom stereocenters. The minimum Gasteiger partial charge on any atom is -0.179 e. The highest BCUT2D eigenvalue weighted by Gasteiger charge is 2.22. The smallest absolute Gasteiger partial charge is 0.0184 e. The van der Waals surface area contributed by atoms with Crippen LogP contribution in [0.3, 0.4) is 0 Å². The summed E-state index contributed by atoms with van der Waals surface area (Å²) in [5, 5.41) is 0. The van der Waals surface area contributed by atoms with E-state index in [1.54, 1.807) is 0 Å². The summed E-state index contributed by atoms with van der Waals surface area (Å²) in [4.78, 5) is 0. The van der Waals surface area contributed by atoms with Crippen molar-refractivity contribution in [1.29, 1.82) is 0 Å². The van der Waals surface area contributed by atoms with Gasteiger partial charge < -0.3 is 0 Å².